The zero-order valence-electron chi connectivity index (χ0n) is 28.9. The van der Waals surface area contributed by atoms with Crippen LogP contribution in [0.1, 0.15) is 67.2 Å². The summed E-state index contributed by atoms with van der Waals surface area (Å²) >= 11 is 0. The van der Waals surface area contributed by atoms with E-state index in [0.717, 1.165) is 22.3 Å². The molecule has 0 saturated carbocycles. The number of unbranched alkanes of at least 4 members (excludes halogenated alkanes) is 1. The number of hydrogen-bond acceptors (Lipinski definition) is 8. The lowest BCUT2D eigenvalue weighted by atomic mass is 9.86. The highest BCUT2D eigenvalue weighted by Crippen LogP contribution is 2.26. The molecule has 264 valence electrons. The Morgan fingerprint density at radius 1 is 0.875 bits per heavy atom. The summed E-state index contributed by atoms with van der Waals surface area (Å²) in [6, 6.07) is 11.0. The Morgan fingerprint density at radius 2 is 1.50 bits per heavy atom. The van der Waals surface area contributed by atoms with Crippen LogP contribution in [0.4, 0.5) is 0 Å². The fraction of sp³-hybridized carbons (Fsp3) is 0.528. The van der Waals surface area contributed by atoms with Crippen LogP contribution in [0.2, 0.25) is 0 Å². The number of carbonyl (C=O) groups is 4. The number of hydrogen-bond donors (Lipinski definition) is 6. The van der Waals surface area contributed by atoms with Gasteiger partial charge in [0.25, 0.3) is 0 Å². The predicted octanol–water partition coefficient (Wildman–Crippen LogP) is 2.03. The monoisotopic (exact) mass is 665 g/mol. The molecule has 0 bridgehead atoms. The van der Waals surface area contributed by atoms with Gasteiger partial charge in [-0.2, -0.15) is 0 Å². The zero-order chi connectivity index (χ0) is 35.8. The van der Waals surface area contributed by atoms with E-state index in [0.29, 0.717) is 51.6 Å². The normalized spacial score (nSPS) is 13.5. The number of amides is 2. The largest absolute Gasteiger partial charge is 0.508 e. The molecule has 0 aromatic heterocycles. The van der Waals surface area contributed by atoms with E-state index in [9.17, 15) is 24.3 Å². The average molecular weight is 666 g/mol. The number of Topliss-reactive ketones (excluding diaryl/α,β-unsaturated/α-hetero) is 2. The van der Waals surface area contributed by atoms with Gasteiger partial charge in [-0.15, -0.1) is 0 Å². The van der Waals surface area contributed by atoms with E-state index in [1.165, 1.54) is 4.90 Å². The van der Waals surface area contributed by atoms with Crippen molar-refractivity contribution >= 4 is 29.3 Å². The van der Waals surface area contributed by atoms with Crippen molar-refractivity contribution in [2.45, 2.75) is 83.7 Å². The highest BCUT2D eigenvalue weighted by Gasteiger charge is 2.32. The van der Waals surface area contributed by atoms with Gasteiger partial charge in [0.05, 0.1) is 12.1 Å². The molecule has 0 saturated heterocycles. The molecular weight excluding hydrogens is 610 g/mol. The van der Waals surface area contributed by atoms with E-state index in [2.05, 4.69) is 10.3 Å². The number of aromatic hydroxyl groups is 1. The Bertz CT molecular complexity index is 1370. The first-order valence-electron chi connectivity index (χ1n) is 16.6. The smallest absolute Gasteiger partial charge is 0.225 e. The SMILES string of the molecule is Cc1cc(O)cc(C)c1C[C@H](CC(=O)[C@H](N)CCCN=C(N)N)C(=O)N[C@@H](CCCCN)C(=O)C[C@@H](Cc1ccccc1)C(=O)N(C)C. The number of guanidine groups is 1. The third-order valence-corrected chi connectivity index (χ3v) is 8.55. The molecule has 2 rings (SSSR count). The maximum absolute atomic E-state index is 14.0. The summed E-state index contributed by atoms with van der Waals surface area (Å²) in [5.74, 6) is -2.55. The number of nitrogens with two attached hydrogens (primary N) is 4. The van der Waals surface area contributed by atoms with Crippen LogP contribution in [0.3, 0.4) is 0 Å². The van der Waals surface area contributed by atoms with Crippen molar-refractivity contribution in [1.82, 2.24) is 10.2 Å². The summed E-state index contributed by atoms with van der Waals surface area (Å²) in [6.07, 6.45) is 2.81. The Morgan fingerprint density at radius 3 is 2.08 bits per heavy atom. The summed E-state index contributed by atoms with van der Waals surface area (Å²) in [7, 11) is 3.32. The molecule has 4 atom stereocenters. The van der Waals surface area contributed by atoms with Gasteiger partial charge >= 0.3 is 0 Å². The molecule has 0 aliphatic heterocycles. The first-order valence-corrected chi connectivity index (χ1v) is 16.6. The molecule has 12 nitrogen and oxygen atoms in total. The molecule has 2 amide bonds. The van der Waals surface area contributed by atoms with Gasteiger partial charge in [-0.25, -0.2) is 0 Å². The summed E-state index contributed by atoms with van der Waals surface area (Å²) < 4.78 is 0. The van der Waals surface area contributed by atoms with Crippen molar-refractivity contribution in [3.8, 4) is 5.75 Å². The molecular formula is C36H55N7O5. The molecule has 0 heterocycles. The Hall–Kier alpha value is -4.29. The number of benzene rings is 2. The lowest BCUT2D eigenvalue weighted by molar-refractivity contribution is -0.137. The van der Waals surface area contributed by atoms with Crippen LogP contribution < -0.4 is 28.3 Å². The number of nitrogens with one attached hydrogen (secondary N) is 1. The third-order valence-electron chi connectivity index (χ3n) is 8.55. The second kappa shape index (κ2) is 20.2. The molecule has 2 aromatic carbocycles. The van der Waals surface area contributed by atoms with Crippen LogP contribution in [-0.4, -0.2) is 78.6 Å². The van der Waals surface area contributed by atoms with Crippen LogP contribution in [0, 0.1) is 25.7 Å². The molecule has 2 aromatic rings. The van der Waals surface area contributed by atoms with E-state index in [1.54, 1.807) is 26.2 Å². The van der Waals surface area contributed by atoms with E-state index in [1.807, 2.05) is 44.2 Å². The summed E-state index contributed by atoms with van der Waals surface area (Å²) in [4.78, 5) is 59.9. The number of rotatable bonds is 21. The number of carbonyl (C=O) groups excluding carboxylic acids is 4. The minimum absolute atomic E-state index is 0.0423. The van der Waals surface area contributed by atoms with Gasteiger partial charge in [-0.3, -0.25) is 24.2 Å². The molecule has 0 radical (unpaired) electrons. The highest BCUT2D eigenvalue weighted by molar-refractivity contribution is 5.94. The third kappa shape index (κ3) is 13.4. The van der Waals surface area contributed by atoms with E-state index in [-0.39, 0.29) is 48.4 Å². The van der Waals surface area contributed by atoms with E-state index in [4.69, 9.17) is 22.9 Å². The fourth-order valence-electron chi connectivity index (χ4n) is 5.86. The first-order chi connectivity index (χ1) is 22.7. The average Bonchev–Trinajstić information content (AvgIpc) is 3.03. The van der Waals surface area contributed by atoms with Crippen molar-refractivity contribution < 1.29 is 24.3 Å². The Labute approximate surface area is 284 Å². The summed E-state index contributed by atoms with van der Waals surface area (Å²) in [5.41, 5.74) is 26.1. The van der Waals surface area contributed by atoms with Crippen molar-refractivity contribution in [2.24, 2.45) is 39.8 Å². The predicted molar refractivity (Wildman–Crippen MR) is 189 cm³/mol. The standard InChI is InChI=1S/C36H55N7O5/c1-23-17-28(44)18-24(2)29(23)20-26(21-32(45)30(38)13-10-16-41-36(39)40)34(47)42-31(14-8-9-15-37)33(46)22-27(35(48)43(3)4)19-25-11-6-5-7-12-25/h5-7,11-12,17-18,26-27,30-31,44H,8-10,13-16,19-22,37-38H2,1-4H3,(H,42,47)(H4,39,40,41)/t26-,27-,30-,31+/m1/s1. The maximum atomic E-state index is 14.0. The van der Waals surface area contributed by atoms with Gasteiger partial charge in [0.1, 0.15) is 11.5 Å². The van der Waals surface area contributed by atoms with Crippen LogP contribution in [0.15, 0.2) is 47.5 Å². The van der Waals surface area contributed by atoms with Crippen molar-refractivity contribution in [3.05, 3.63) is 64.7 Å². The van der Waals surface area contributed by atoms with Gasteiger partial charge in [-0.1, -0.05) is 30.3 Å². The highest BCUT2D eigenvalue weighted by atomic mass is 16.3. The summed E-state index contributed by atoms with van der Waals surface area (Å²) in [6.45, 7) is 4.43. The van der Waals surface area contributed by atoms with E-state index >= 15 is 0 Å². The molecule has 0 unspecified atom stereocenters. The topological polar surface area (TPSA) is 220 Å². The van der Waals surface area contributed by atoms with Crippen LogP contribution in [-0.2, 0) is 32.0 Å². The quantitative estimate of drug-likeness (QED) is 0.0651. The molecule has 0 aliphatic rings. The fourth-order valence-corrected chi connectivity index (χ4v) is 5.86. The molecule has 10 N–H and O–H groups in total. The van der Waals surface area contributed by atoms with Crippen molar-refractivity contribution in [3.63, 3.8) is 0 Å². The number of phenols is 1. The van der Waals surface area contributed by atoms with Crippen LogP contribution in [0.5, 0.6) is 5.75 Å². The molecule has 0 fully saturated rings. The van der Waals surface area contributed by atoms with Gasteiger partial charge in [-0.05, 0) is 99.7 Å². The van der Waals surface area contributed by atoms with Crippen molar-refractivity contribution in [1.29, 1.82) is 0 Å². The van der Waals surface area contributed by atoms with E-state index < -0.39 is 29.8 Å². The first kappa shape index (κ1) is 39.9. The molecule has 12 heteroatoms. The van der Waals surface area contributed by atoms with Gasteiger partial charge in [0, 0.05) is 45.3 Å². The minimum atomic E-state index is -0.870. The second-order valence-corrected chi connectivity index (χ2v) is 12.8. The van der Waals surface area contributed by atoms with Gasteiger partial charge < -0.3 is 38.3 Å². The van der Waals surface area contributed by atoms with Crippen LogP contribution in [0.25, 0.3) is 0 Å². The lowest BCUT2D eigenvalue weighted by Crippen LogP contribution is -2.46. The zero-order valence-corrected chi connectivity index (χ0v) is 28.9. The van der Waals surface area contributed by atoms with Crippen LogP contribution >= 0.6 is 0 Å². The maximum Gasteiger partial charge on any atom is 0.225 e. The number of aliphatic imine (C=N–C) groups is 1. The van der Waals surface area contributed by atoms with Crippen molar-refractivity contribution in [2.75, 3.05) is 27.2 Å². The molecule has 0 aliphatic carbocycles. The second-order valence-electron chi connectivity index (χ2n) is 12.8. The number of nitrogens with zero attached hydrogens (tertiary/aromatic N) is 2. The molecule has 48 heavy (non-hydrogen) atoms. The Balaban J connectivity index is 2.35. The minimum Gasteiger partial charge on any atom is -0.508 e. The number of ketones is 2. The Kier molecular flexibility index (Phi) is 16.8. The number of aryl methyl sites for hydroxylation is 2. The number of phenolic OH excluding ortho intramolecular Hbond substituents is 1. The molecule has 0 spiro atoms. The summed E-state index contributed by atoms with van der Waals surface area (Å²) in [5, 5.41) is 13.0. The lowest BCUT2D eigenvalue weighted by Gasteiger charge is -2.26. The van der Waals surface area contributed by atoms with Gasteiger partial charge in [0.2, 0.25) is 11.8 Å². The van der Waals surface area contributed by atoms with Gasteiger partial charge in [0.15, 0.2) is 11.7 Å².